The molecule has 0 aliphatic heterocycles. The molecule has 2 rings (SSSR count). The summed E-state index contributed by atoms with van der Waals surface area (Å²) >= 11 is 0. The number of nitrogens with zero attached hydrogens (tertiary/aromatic N) is 1. The first-order valence-electron chi connectivity index (χ1n) is 15.8. The third-order valence-electron chi connectivity index (χ3n) is 7.94. The molecule has 42 heavy (non-hydrogen) atoms. The molecule has 236 valence electrons. The zero-order chi connectivity index (χ0) is 31.1. The number of ether oxygens (including phenoxy) is 1. The molecule has 9 nitrogen and oxygen atoms in total. The molecule has 1 aliphatic rings. The number of carboxylic acids is 1. The van der Waals surface area contributed by atoms with Crippen molar-refractivity contribution in [1.82, 2.24) is 15.8 Å². The molecular formula is C33H53N3O6. The Morgan fingerprint density at radius 2 is 1.60 bits per heavy atom. The lowest BCUT2D eigenvalue weighted by Gasteiger charge is -2.31. The summed E-state index contributed by atoms with van der Waals surface area (Å²) in [5, 5.41) is 13.9. The number of carbonyl (C=O) groups is 4. The van der Waals surface area contributed by atoms with Crippen LogP contribution in [0, 0.1) is 29.6 Å². The van der Waals surface area contributed by atoms with Crippen molar-refractivity contribution in [1.29, 1.82) is 0 Å². The second kappa shape index (κ2) is 18.4. The average Bonchev–Trinajstić information content (AvgIpc) is 2.94. The SMILES string of the molecule is CC(C)C[C@@H](C(=O)NN(CC(C)C)C(=O)[C@@H](C)NC(=O)OCc1ccccc1)C(CCCCC1CCCCC1)C(=O)O. The lowest BCUT2D eigenvalue weighted by molar-refractivity contribution is -0.152. The summed E-state index contributed by atoms with van der Waals surface area (Å²) in [4.78, 5) is 51.7. The van der Waals surface area contributed by atoms with Gasteiger partial charge in [-0.1, -0.05) is 109 Å². The minimum Gasteiger partial charge on any atom is -0.481 e. The molecule has 1 saturated carbocycles. The smallest absolute Gasteiger partial charge is 0.408 e. The third-order valence-corrected chi connectivity index (χ3v) is 7.94. The van der Waals surface area contributed by atoms with E-state index in [0.29, 0.717) is 12.8 Å². The van der Waals surface area contributed by atoms with Crippen LogP contribution in [-0.4, -0.2) is 46.6 Å². The third kappa shape index (κ3) is 12.8. The molecule has 1 fully saturated rings. The Labute approximate surface area is 252 Å². The second-order valence-electron chi connectivity index (χ2n) is 12.7. The Bertz CT molecular complexity index is 977. The highest BCUT2D eigenvalue weighted by Crippen LogP contribution is 2.30. The number of amides is 3. The summed E-state index contributed by atoms with van der Waals surface area (Å²) < 4.78 is 5.24. The van der Waals surface area contributed by atoms with Gasteiger partial charge in [-0.05, 0) is 43.1 Å². The van der Waals surface area contributed by atoms with Gasteiger partial charge in [-0.15, -0.1) is 0 Å². The molecule has 1 aromatic carbocycles. The van der Waals surface area contributed by atoms with E-state index in [1.54, 1.807) is 0 Å². The zero-order valence-corrected chi connectivity index (χ0v) is 26.3. The van der Waals surface area contributed by atoms with E-state index in [1.807, 2.05) is 58.0 Å². The number of rotatable bonds is 16. The van der Waals surface area contributed by atoms with E-state index >= 15 is 0 Å². The summed E-state index contributed by atoms with van der Waals surface area (Å²) in [6, 6.07) is 8.24. The minimum absolute atomic E-state index is 0.0186. The predicted octanol–water partition coefficient (Wildman–Crippen LogP) is 6.32. The molecule has 0 radical (unpaired) electrons. The van der Waals surface area contributed by atoms with E-state index < -0.39 is 41.8 Å². The van der Waals surface area contributed by atoms with E-state index in [-0.39, 0.29) is 25.0 Å². The van der Waals surface area contributed by atoms with E-state index in [4.69, 9.17) is 4.74 Å². The number of benzene rings is 1. The van der Waals surface area contributed by atoms with Crippen LogP contribution in [-0.2, 0) is 25.7 Å². The van der Waals surface area contributed by atoms with Gasteiger partial charge in [0.2, 0.25) is 5.91 Å². The van der Waals surface area contributed by atoms with E-state index in [9.17, 15) is 24.3 Å². The number of nitrogens with one attached hydrogen (secondary N) is 2. The zero-order valence-electron chi connectivity index (χ0n) is 26.3. The van der Waals surface area contributed by atoms with Crippen LogP contribution in [0.25, 0.3) is 0 Å². The van der Waals surface area contributed by atoms with E-state index in [0.717, 1.165) is 30.7 Å². The molecular weight excluding hydrogens is 534 g/mol. The van der Waals surface area contributed by atoms with Crippen LogP contribution < -0.4 is 10.7 Å². The normalized spacial score (nSPS) is 16.0. The Balaban J connectivity index is 2.03. The van der Waals surface area contributed by atoms with Crippen molar-refractivity contribution in [2.45, 2.75) is 111 Å². The average molecular weight is 588 g/mol. The van der Waals surface area contributed by atoms with Crippen LogP contribution in [0.4, 0.5) is 4.79 Å². The number of aliphatic carboxylic acids is 1. The van der Waals surface area contributed by atoms with Crippen molar-refractivity contribution in [2.75, 3.05) is 6.54 Å². The minimum atomic E-state index is -0.980. The number of carboxylic acid groups (broad SMARTS) is 1. The Hall–Kier alpha value is -3.10. The van der Waals surface area contributed by atoms with Crippen LogP contribution in [0.2, 0.25) is 0 Å². The van der Waals surface area contributed by atoms with Crippen LogP contribution in [0.5, 0.6) is 0 Å². The van der Waals surface area contributed by atoms with Gasteiger partial charge in [0.1, 0.15) is 12.6 Å². The maximum atomic E-state index is 13.6. The number of alkyl carbamates (subject to hydrolysis) is 1. The molecule has 0 saturated heterocycles. The fourth-order valence-electron chi connectivity index (χ4n) is 5.74. The molecule has 0 heterocycles. The fourth-order valence-corrected chi connectivity index (χ4v) is 5.74. The van der Waals surface area contributed by atoms with Crippen molar-refractivity contribution >= 4 is 23.9 Å². The van der Waals surface area contributed by atoms with Crippen molar-refractivity contribution in [3.05, 3.63) is 35.9 Å². The molecule has 1 unspecified atom stereocenters. The molecule has 1 aliphatic carbocycles. The lowest BCUT2D eigenvalue weighted by Crippen LogP contribution is -2.56. The van der Waals surface area contributed by atoms with Crippen LogP contribution in [0.1, 0.15) is 104 Å². The van der Waals surface area contributed by atoms with Crippen LogP contribution in [0.15, 0.2) is 30.3 Å². The standard InChI is InChI=1S/C33H53N3O6/c1-23(2)20-29(28(32(39)40)19-13-12-16-26-14-8-6-9-15-26)30(37)35-36(21-24(3)4)31(38)25(5)34-33(41)42-22-27-17-10-7-11-18-27/h7,10-11,17-18,23-26,28-29H,6,8-9,12-16,19-22H2,1-5H3,(H,34,41)(H,35,37)(H,39,40)/t25-,28?,29-/m1/s1. The number of carbonyl (C=O) groups excluding carboxylic acids is 3. The van der Waals surface area contributed by atoms with Gasteiger partial charge in [-0.25, -0.2) is 4.79 Å². The topological polar surface area (TPSA) is 125 Å². The van der Waals surface area contributed by atoms with Gasteiger partial charge in [0.25, 0.3) is 5.91 Å². The van der Waals surface area contributed by atoms with Crippen LogP contribution in [0.3, 0.4) is 0 Å². The summed E-state index contributed by atoms with van der Waals surface area (Å²) in [7, 11) is 0. The highest BCUT2D eigenvalue weighted by Gasteiger charge is 2.36. The van der Waals surface area contributed by atoms with Gasteiger partial charge in [0.05, 0.1) is 11.8 Å². The second-order valence-corrected chi connectivity index (χ2v) is 12.7. The Morgan fingerprint density at radius 1 is 0.929 bits per heavy atom. The molecule has 1 aromatic rings. The van der Waals surface area contributed by atoms with Gasteiger partial charge in [-0.2, -0.15) is 0 Å². The maximum Gasteiger partial charge on any atom is 0.408 e. The van der Waals surface area contributed by atoms with Gasteiger partial charge >= 0.3 is 12.1 Å². The number of hydrogen-bond donors (Lipinski definition) is 3. The summed E-state index contributed by atoms with van der Waals surface area (Å²) in [6.07, 6.45) is 9.33. The van der Waals surface area contributed by atoms with Gasteiger partial charge in [0, 0.05) is 6.54 Å². The van der Waals surface area contributed by atoms with Crippen molar-refractivity contribution in [3.63, 3.8) is 0 Å². The number of hydrogen-bond acceptors (Lipinski definition) is 5. The summed E-state index contributed by atoms with van der Waals surface area (Å²) in [5.74, 6) is -2.72. The van der Waals surface area contributed by atoms with Gasteiger partial charge in [-0.3, -0.25) is 24.8 Å². The highest BCUT2D eigenvalue weighted by atomic mass is 16.5. The first-order chi connectivity index (χ1) is 20.0. The highest BCUT2D eigenvalue weighted by molar-refractivity contribution is 5.89. The van der Waals surface area contributed by atoms with Gasteiger partial charge < -0.3 is 15.2 Å². The first-order valence-corrected chi connectivity index (χ1v) is 15.8. The summed E-state index contributed by atoms with van der Waals surface area (Å²) in [5.41, 5.74) is 3.55. The van der Waals surface area contributed by atoms with E-state index in [1.165, 1.54) is 44.0 Å². The molecule has 3 N–H and O–H groups in total. The first kappa shape index (κ1) is 35.1. The van der Waals surface area contributed by atoms with Gasteiger partial charge in [0.15, 0.2) is 0 Å². The van der Waals surface area contributed by atoms with Crippen LogP contribution >= 0.6 is 0 Å². The quantitative estimate of drug-likeness (QED) is 0.154. The largest absolute Gasteiger partial charge is 0.481 e. The fraction of sp³-hybridized carbons (Fsp3) is 0.697. The van der Waals surface area contributed by atoms with Crippen molar-refractivity contribution < 1.29 is 29.0 Å². The molecule has 3 atom stereocenters. The maximum absolute atomic E-state index is 13.6. The molecule has 9 heteroatoms. The summed E-state index contributed by atoms with van der Waals surface area (Å²) in [6.45, 7) is 9.56. The number of unbranched alkanes of at least 4 members (excludes halogenated alkanes) is 1. The molecule has 0 spiro atoms. The number of hydrazine groups is 1. The monoisotopic (exact) mass is 587 g/mol. The van der Waals surface area contributed by atoms with Crippen molar-refractivity contribution in [2.24, 2.45) is 29.6 Å². The Morgan fingerprint density at radius 3 is 2.19 bits per heavy atom. The van der Waals surface area contributed by atoms with E-state index in [2.05, 4.69) is 10.7 Å². The lowest BCUT2D eigenvalue weighted by atomic mass is 9.80. The molecule has 0 aromatic heterocycles. The Kier molecular flexibility index (Phi) is 15.4. The molecule has 3 amide bonds. The predicted molar refractivity (Wildman–Crippen MR) is 163 cm³/mol. The van der Waals surface area contributed by atoms with Crippen molar-refractivity contribution in [3.8, 4) is 0 Å². The molecule has 0 bridgehead atoms.